The van der Waals surface area contributed by atoms with Crippen LogP contribution in [0.4, 0.5) is 17.1 Å². The summed E-state index contributed by atoms with van der Waals surface area (Å²) in [6, 6.07) is 15.6. The van der Waals surface area contributed by atoms with Crippen LogP contribution in [0.25, 0.3) is 6.08 Å². The fraction of sp³-hybridized carbons (Fsp3) is 0.0435. The Bertz CT molecular complexity index is 1260. The number of nitro groups is 1. The zero-order valence-electron chi connectivity index (χ0n) is 17.2. The van der Waals surface area contributed by atoms with Gasteiger partial charge in [-0.1, -0.05) is 41.4 Å². The molecule has 0 aliphatic heterocycles. The largest absolute Gasteiger partial charge is 0.494 e. The Morgan fingerprint density at radius 3 is 2.45 bits per heavy atom. The Morgan fingerprint density at radius 2 is 1.76 bits per heavy atom. The first-order valence-electron chi connectivity index (χ1n) is 9.45. The summed E-state index contributed by atoms with van der Waals surface area (Å²) >= 11 is 11.8. The number of hydrogen-bond acceptors (Lipinski definition) is 5. The molecule has 10 heteroatoms. The van der Waals surface area contributed by atoms with Gasteiger partial charge in [0.1, 0.15) is 10.8 Å². The predicted octanol–water partition coefficient (Wildman–Crippen LogP) is 5.81. The van der Waals surface area contributed by atoms with Crippen molar-refractivity contribution in [2.75, 3.05) is 17.7 Å². The molecule has 168 valence electrons. The SMILES string of the molecule is COc1cc(NC(=O)/C=C/c2ccc(Cl)c([N+](=O)[O-])c2)ccc1NC(=O)c1ccccc1Cl. The number of carbonyl (C=O) groups excluding carboxylic acids is 2. The summed E-state index contributed by atoms with van der Waals surface area (Å²) in [6.45, 7) is 0. The summed E-state index contributed by atoms with van der Waals surface area (Å²) in [5.74, 6) is -0.552. The summed E-state index contributed by atoms with van der Waals surface area (Å²) in [5, 5.41) is 16.7. The number of ether oxygens (including phenoxy) is 1. The molecule has 8 nitrogen and oxygen atoms in total. The fourth-order valence-corrected chi connectivity index (χ4v) is 3.24. The number of halogens is 2. The molecule has 0 radical (unpaired) electrons. The van der Waals surface area contributed by atoms with Gasteiger partial charge in [-0.3, -0.25) is 19.7 Å². The van der Waals surface area contributed by atoms with E-state index in [-0.39, 0.29) is 10.7 Å². The van der Waals surface area contributed by atoms with E-state index in [4.69, 9.17) is 27.9 Å². The highest BCUT2D eigenvalue weighted by Crippen LogP contribution is 2.29. The van der Waals surface area contributed by atoms with Crippen molar-refractivity contribution in [3.63, 3.8) is 0 Å². The number of hydrogen-bond donors (Lipinski definition) is 2. The lowest BCUT2D eigenvalue weighted by Gasteiger charge is -2.13. The second-order valence-corrected chi connectivity index (χ2v) is 7.45. The molecule has 3 aromatic rings. The molecule has 0 bridgehead atoms. The molecule has 2 N–H and O–H groups in total. The normalized spacial score (nSPS) is 10.6. The molecule has 0 unspecified atom stereocenters. The van der Waals surface area contributed by atoms with Crippen molar-refractivity contribution in [2.45, 2.75) is 0 Å². The van der Waals surface area contributed by atoms with E-state index >= 15 is 0 Å². The lowest BCUT2D eigenvalue weighted by atomic mass is 10.2. The number of amides is 2. The lowest BCUT2D eigenvalue weighted by Crippen LogP contribution is -2.13. The van der Waals surface area contributed by atoms with Crippen LogP contribution in [0.2, 0.25) is 10.0 Å². The van der Waals surface area contributed by atoms with Crippen LogP contribution in [0, 0.1) is 10.1 Å². The maximum atomic E-state index is 12.5. The average Bonchev–Trinajstić information content (AvgIpc) is 2.79. The number of nitrogens with one attached hydrogen (secondary N) is 2. The number of carbonyl (C=O) groups is 2. The second-order valence-electron chi connectivity index (χ2n) is 6.64. The van der Waals surface area contributed by atoms with Gasteiger partial charge < -0.3 is 15.4 Å². The topological polar surface area (TPSA) is 111 Å². The molecule has 0 fully saturated rings. The van der Waals surface area contributed by atoms with E-state index in [2.05, 4.69) is 10.6 Å². The van der Waals surface area contributed by atoms with Gasteiger partial charge in [-0.05, 0) is 42.0 Å². The Labute approximate surface area is 198 Å². The zero-order chi connectivity index (χ0) is 24.0. The first kappa shape index (κ1) is 23.8. The minimum absolute atomic E-state index is 0.00964. The number of methoxy groups -OCH3 is 1. The summed E-state index contributed by atoms with van der Waals surface area (Å²) in [4.78, 5) is 35.1. The average molecular weight is 486 g/mol. The molecule has 2 amide bonds. The van der Waals surface area contributed by atoms with Crippen molar-refractivity contribution in [1.29, 1.82) is 0 Å². The molecule has 0 spiro atoms. The fourth-order valence-electron chi connectivity index (χ4n) is 2.84. The summed E-state index contributed by atoms with van der Waals surface area (Å²) in [7, 11) is 1.43. The molecule has 0 heterocycles. The molecule has 0 aliphatic carbocycles. The van der Waals surface area contributed by atoms with Crippen molar-refractivity contribution >= 4 is 58.2 Å². The highest BCUT2D eigenvalue weighted by molar-refractivity contribution is 6.34. The third kappa shape index (κ3) is 6.09. The van der Waals surface area contributed by atoms with E-state index in [1.165, 1.54) is 31.4 Å². The van der Waals surface area contributed by atoms with E-state index in [1.54, 1.807) is 48.5 Å². The van der Waals surface area contributed by atoms with E-state index in [0.29, 0.717) is 33.3 Å². The van der Waals surface area contributed by atoms with E-state index in [9.17, 15) is 19.7 Å². The van der Waals surface area contributed by atoms with Gasteiger partial charge in [0.2, 0.25) is 5.91 Å². The molecular weight excluding hydrogens is 469 g/mol. The third-order valence-corrected chi connectivity index (χ3v) is 5.08. The maximum Gasteiger partial charge on any atom is 0.288 e. The van der Waals surface area contributed by atoms with Gasteiger partial charge in [0.25, 0.3) is 11.6 Å². The minimum Gasteiger partial charge on any atom is -0.494 e. The van der Waals surface area contributed by atoms with Crippen molar-refractivity contribution in [1.82, 2.24) is 0 Å². The minimum atomic E-state index is -0.599. The van der Waals surface area contributed by atoms with Crippen molar-refractivity contribution in [3.8, 4) is 5.75 Å². The van der Waals surface area contributed by atoms with Crippen LogP contribution < -0.4 is 15.4 Å². The smallest absolute Gasteiger partial charge is 0.288 e. The molecule has 3 aromatic carbocycles. The molecule has 0 aliphatic rings. The van der Waals surface area contributed by atoms with Gasteiger partial charge in [-0.2, -0.15) is 0 Å². The zero-order valence-corrected chi connectivity index (χ0v) is 18.7. The molecule has 0 saturated carbocycles. The van der Waals surface area contributed by atoms with Crippen LogP contribution >= 0.6 is 23.2 Å². The first-order valence-corrected chi connectivity index (χ1v) is 10.2. The van der Waals surface area contributed by atoms with Crippen molar-refractivity contribution in [2.24, 2.45) is 0 Å². The van der Waals surface area contributed by atoms with Crippen LogP contribution in [0.5, 0.6) is 5.75 Å². The van der Waals surface area contributed by atoms with Crippen LogP contribution in [0.15, 0.2) is 66.7 Å². The second kappa shape index (κ2) is 10.6. The number of rotatable bonds is 7. The Kier molecular flexibility index (Phi) is 7.66. The van der Waals surface area contributed by atoms with Crippen molar-refractivity contribution in [3.05, 3.63) is 98.0 Å². The van der Waals surface area contributed by atoms with E-state index < -0.39 is 16.7 Å². The quantitative estimate of drug-likeness (QED) is 0.249. The van der Waals surface area contributed by atoms with Crippen molar-refractivity contribution < 1.29 is 19.2 Å². The Morgan fingerprint density at radius 1 is 1.00 bits per heavy atom. The predicted molar refractivity (Wildman–Crippen MR) is 128 cm³/mol. The molecule has 0 aromatic heterocycles. The van der Waals surface area contributed by atoms with Gasteiger partial charge in [-0.25, -0.2) is 0 Å². The number of nitrogens with zero attached hydrogens (tertiary/aromatic N) is 1. The molecule has 3 rings (SSSR count). The third-order valence-electron chi connectivity index (χ3n) is 4.43. The molecule has 0 atom stereocenters. The Hall–Kier alpha value is -3.88. The number of benzene rings is 3. The highest BCUT2D eigenvalue weighted by Gasteiger charge is 2.14. The standard InChI is InChI=1S/C23H17Cl2N3O5/c1-33-21-13-15(8-10-19(21)27-23(30)16-4-2-3-5-17(16)24)26-22(29)11-7-14-6-9-18(25)20(12-14)28(31)32/h2-13H,1H3,(H,26,29)(H,27,30)/b11-7+. The number of anilines is 2. The van der Waals surface area contributed by atoms with Gasteiger partial charge in [0, 0.05) is 23.9 Å². The van der Waals surface area contributed by atoms with Crippen LogP contribution in [0.3, 0.4) is 0 Å². The van der Waals surface area contributed by atoms with Crippen LogP contribution in [-0.4, -0.2) is 23.8 Å². The van der Waals surface area contributed by atoms with Crippen LogP contribution in [-0.2, 0) is 4.79 Å². The monoisotopic (exact) mass is 485 g/mol. The lowest BCUT2D eigenvalue weighted by molar-refractivity contribution is -0.384. The maximum absolute atomic E-state index is 12.5. The van der Waals surface area contributed by atoms with E-state index in [0.717, 1.165) is 0 Å². The molecular formula is C23H17Cl2N3O5. The Balaban J connectivity index is 1.70. The summed E-state index contributed by atoms with van der Waals surface area (Å²) in [6.07, 6.45) is 2.65. The molecule has 33 heavy (non-hydrogen) atoms. The molecule has 0 saturated heterocycles. The highest BCUT2D eigenvalue weighted by atomic mass is 35.5. The van der Waals surface area contributed by atoms with Gasteiger partial charge in [-0.15, -0.1) is 0 Å². The summed E-state index contributed by atoms with van der Waals surface area (Å²) in [5.41, 5.74) is 1.31. The summed E-state index contributed by atoms with van der Waals surface area (Å²) < 4.78 is 5.32. The van der Waals surface area contributed by atoms with Gasteiger partial charge in [0.05, 0.1) is 28.3 Å². The van der Waals surface area contributed by atoms with E-state index in [1.807, 2.05) is 0 Å². The van der Waals surface area contributed by atoms with Crippen LogP contribution in [0.1, 0.15) is 15.9 Å². The number of nitro benzene ring substituents is 1. The first-order chi connectivity index (χ1) is 15.8. The van der Waals surface area contributed by atoms with Gasteiger partial charge in [0.15, 0.2) is 0 Å². The van der Waals surface area contributed by atoms with Gasteiger partial charge >= 0.3 is 0 Å².